The predicted molar refractivity (Wildman–Crippen MR) is 79.4 cm³/mol. The van der Waals surface area contributed by atoms with Crippen molar-refractivity contribution in [3.05, 3.63) is 11.9 Å². The molecule has 130 valence electrons. The number of methoxy groups -OCH3 is 1. The van der Waals surface area contributed by atoms with E-state index in [4.69, 9.17) is 18.9 Å². The largest absolute Gasteiger partial charge is 0.384 e. The number of rotatable bonds is 5. The smallest absolute Gasteiger partial charge is 0.186 e. The molecule has 0 aliphatic carbocycles. The van der Waals surface area contributed by atoms with Crippen LogP contribution in [-0.2, 0) is 31.1 Å². The van der Waals surface area contributed by atoms with Gasteiger partial charge in [0, 0.05) is 7.11 Å². The lowest BCUT2D eigenvalue weighted by Gasteiger charge is -2.23. The topological polar surface area (TPSA) is 87.9 Å². The maximum Gasteiger partial charge on any atom is 0.186 e. The van der Waals surface area contributed by atoms with Gasteiger partial charge in [0.15, 0.2) is 12.1 Å². The van der Waals surface area contributed by atoms with Crippen molar-refractivity contribution in [2.45, 2.75) is 76.7 Å². The van der Waals surface area contributed by atoms with Crippen LogP contribution in [0.15, 0.2) is 6.20 Å². The van der Waals surface area contributed by atoms with Gasteiger partial charge in [-0.1, -0.05) is 12.1 Å². The van der Waals surface area contributed by atoms with Crippen LogP contribution < -0.4 is 0 Å². The highest BCUT2D eigenvalue weighted by Crippen LogP contribution is 2.39. The molecule has 23 heavy (non-hydrogen) atoms. The summed E-state index contributed by atoms with van der Waals surface area (Å²) in [4.78, 5) is 0. The summed E-state index contributed by atoms with van der Waals surface area (Å²) in [7, 11) is 1.59. The molecule has 0 radical (unpaired) electrons. The standard InChI is InChI=1S/C15H25N3O5/c1-6-15(4,19)10-8-18(17-16-10)7-9-11-12(13(20-5)21-9)23-14(2,3)22-11/h8-9,11-13,19H,6-7H2,1-5H3/t9-,11-,12-,13-,15?/m1/s1. The fraction of sp³-hybridized carbons (Fsp3) is 0.867. The minimum atomic E-state index is -0.985. The van der Waals surface area contributed by atoms with Crippen molar-refractivity contribution in [2.75, 3.05) is 7.11 Å². The number of aromatic nitrogens is 3. The van der Waals surface area contributed by atoms with Gasteiger partial charge in [0.1, 0.15) is 29.6 Å². The van der Waals surface area contributed by atoms with E-state index in [0.29, 0.717) is 18.7 Å². The molecule has 0 aromatic carbocycles. The third-order valence-corrected chi connectivity index (χ3v) is 4.49. The average Bonchev–Trinajstić information content (AvgIpc) is 3.14. The van der Waals surface area contributed by atoms with Gasteiger partial charge < -0.3 is 24.1 Å². The van der Waals surface area contributed by atoms with Crippen molar-refractivity contribution in [1.29, 1.82) is 0 Å². The quantitative estimate of drug-likeness (QED) is 0.855. The summed E-state index contributed by atoms with van der Waals surface area (Å²) >= 11 is 0. The van der Waals surface area contributed by atoms with E-state index in [0.717, 1.165) is 0 Å². The van der Waals surface area contributed by atoms with E-state index in [-0.39, 0.29) is 18.3 Å². The fourth-order valence-electron chi connectivity index (χ4n) is 2.98. The molecule has 0 spiro atoms. The Kier molecular flexibility index (Phi) is 4.22. The lowest BCUT2D eigenvalue weighted by Crippen LogP contribution is -2.33. The molecule has 0 saturated carbocycles. The second-order valence-electron chi connectivity index (χ2n) is 6.80. The van der Waals surface area contributed by atoms with Crippen molar-refractivity contribution >= 4 is 0 Å². The number of hydrogen-bond acceptors (Lipinski definition) is 7. The first-order valence-corrected chi connectivity index (χ1v) is 7.92. The first-order valence-electron chi connectivity index (χ1n) is 7.92. The van der Waals surface area contributed by atoms with E-state index in [1.165, 1.54) is 0 Å². The van der Waals surface area contributed by atoms with Crippen LogP contribution in [0, 0.1) is 0 Å². The number of nitrogens with zero attached hydrogens (tertiary/aromatic N) is 3. The van der Waals surface area contributed by atoms with Crippen LogP contribution in [0.25, 0.3) is 0 Å². The van der Waals surface area contributed by atoms with Crippen molar-refractivity contribution in [3.63, 3.8) is 0 Å². The van der Waals surface area contributed by atoms with Gasteiger partial charge in [-0.3, -0.25) is 0 Å². The number of hydrogen-bond donors (Lipinski definition) is 1. The van der Waals surface area contributed by atoms with Gasteiger partial charge in [0.25, 0.3) is 0 Å². The van der Waals surface area contributed by atoms with Gasteiger partial charge in [0.05, 0.1) is 12.7 Å². The highest BCUT2D eigenvalue weighted by atomic mass is 16.8. The normalized spacial score (nSPS) is 35.2. The van der Waals surface area contributed by atoms with Crippen LogP contribution in [0.1, 0.15) is 39.8 Å². The summed E-state index contributed by atoms with van der Waals surface area (Å²) < 4.78 is 24.7. The maximum atomic E-state index is 10.3. The summed E-state index contributed by atoms with van der Waals surface area (Å²) in [5.74, 6) is -0.659. The monoisotopic (exact) mass is 327 g/mol. The molecular formula is C15H25N3O5. The summed E-state index contributed by atoms with van der Waals surface area (Å²) in [6.07, 6.45) is 1.09. The van der Waals surface area contributed by atoms with Crippen molar-refractivity contribution in [1.82, 2.24) is 15.0 Å². The van der Waals surface area contributed by atoms with Crippen LogP contribution in [-0.4, -0.2) is 57.6 Å². The van der Waals surface area contributed by atoms with Crippen LogP contribution in [0.4, 0.5) is 0 Å². The van der Waals surface area contributed by atoms with Crippen molar-refractivity contribution in [2.24, 2.45) is 0 Å². The highest BCUT2D eigenvalue weighted by Gasteiger charge is 2.55. The molecule has 1 N–H and O–H groups in total. The van der Waals surface area contributed by atoms with E-state index >= 15 is 0 Å². The molecule has 2 saturated heterocycles. The summed E-state index contributed by atoms with van der Waals surface area (Å²) in [6.45, 7) is 7.83. The Labute approximate surface area is 135 Å². The van der Waals surface area contributed by atoms with Gasteiger partial charge in [-0.2, -0.15) is 0 Å². The van der Waals surface area contributed by atoms with E-state index in [2.05, 4.69) is 10.3 Å². The van der Waals surface area contributed by atoms with Crippen molar-refractivity contribution < 1.29 is 24.1 Å². The molecule has 1 aromatic heterocycles. The van der Waals surface area contributed by atoms with Gasteiger partial charge in [-0.25, -0.2) is 4.68 Å². The summed E-state index contributed by atoms with van der Waals surface area (Å²) in [6, 6.07) is 0. The lowest BCUT2D eigenvalue weighted by atomic mass is 10.0. The third-order valence-electron chi connectivity index (χ3n) is 4.49. The molecule has 8 nitrogen and oxygen atoms in total. The molecule has 2 fully saturated rings. The van der Waals surface area contributed by atoms with E-state index in [1.807, 2.05) is 20.8 Å². The molecule has 0 amide bonds. The molecule has 8 heteroatoms. The summed E-state index contributed by atoms with van der Waals surface area (Å²) in [5, 5.41) is 18.4. The molecule has 2 aliphatic heterocycles. The zero-order valence-corrected chi connectivity index (χ0v) is 14.2. The van der Waals surface area contributed by atoms with Crippen LogP contribution in [0.5, 0.6) is 0 Å². The Morgan fingerprint density at radius 1 is 1.39 bits per heavy atom. The Morgan fingerprint density at radius 2 is 2.09 bits per heavy atom. The molecule has 5 atom stereocenters. The van der Waals surface area contributed by atoms with E-state index < -0.39 is 17.7 Å². The van der Waals surface area contributed by atoms with Gasteiger partial charge >= 0.3 is 0 Å². The first-order chi connectivity index (χ1) is 10.8. The summed E-state index contributed by atoms with van der Waals surface area (Å²) in [5.41, 5.74) is -0.441. The fourth-order valence-corrected chi connectivity index (χ4v) is 2.98. The molecule has 3 rings (SSSR count). The molecule has 3 heterocycles. The van der Waals surface area contributed by atoms with Crippen molar-refractivity contribution in [3.8, 4) is 0 Å². The molecule has 0 bridgehead atoms. The molecule has 2 aliphatic rings. The average molecular weight is 327 g/mol. The lowest BCUT2D eigenvalue weighted by molar-refractivity contribution is -0.228. The third kappa shape index (κ3) is 3.14. The second-order valence-corrected chi connectivity index (χ2v) is 6.80. The second kappa shape index (κ2) is 5.78. The molecule has 1 unspecified atom stereocenters. The van der Waals surface area contributed by atoms with Crippen LogP contribution >= 0.6 is 0 Å². The number of aliphatic hydroxyl groups is 1. The molecular weight excluding hydrogens is 302 g/mol. The zero-order valence-electron chi connectivity index (χ0n) is 14.2. The van der Waals surface area contributed by atoms with Gasteiger partial charge in [-0.15, -0.1) is 5.10 Å². The van der Waals surface area contributed by atoms with Crippen LogP contribution in [0.2, 0.25) is 0 Å². The predicted octanol–water partition coefficient (Wildman–Crippen LogP) is 0.787. The van der Waals surface area contributed by atoms with E-state index in [1.54, 1.807) is 24.9 Å². The Balaban J connectivity index is 1.73. The SMILES string of the molecule is CCC(C)(O)c1cn(C[C@H]2O[C@@H](OC)[C@@H]3OC(C)(C)O[C@@H]32)nn1. The number of fused-ring (bicyclic) bond motifs is 1. The minimum absolute atomic E-state index is 0.228. The Hall–Kier alpha value is -1.06. The van der Waals surface area contributed by atoms with Crippen LogP contribution in [0.3, 0.4) is 0 Å². The first kappa shape index (κ1) is 16.8. The zero-order chi connectivity index (χ0) is 16.8. The number of ether oxygens (including phenoxy) is 4. The van der Waals surface area contributed by atoms with E-state index in [9.17, 15) is 5.11 Å². The minimum Gasteiger partial charge on any atom is -0.384 e. The maximum absolute atomic E-state index is 10.3. The van der Waals surface area contributed by atoms with Gasteiger partial charge in [-0.05, 0) is 27.2 Å². The Morgan fingerprint density at radius 3 is 2.74 bits per heavy atom. The molecule has 1 aromatic rings. The highest BCUT2D eigenvalue weighted by molar-refractivity contribution is 5.05. The Bertz CT molecular complexity index is 559. The van der Waals surface area contributed by atoms with Gasteiger partial charge in [0.2, 0.25) is 0 Å².